The molecule has 1 aliphatic heterocycles. The van der Waals surface area contributed by atoms with E-state index in [1.807, 2.05) is 36.4 Å². The van der Waals surface area contributed by atoms with Crippen LogP contribution in [0.3, 0.4) is 0 Å². The zero-order valence-electron chi connectivity index (χ0n) is 20.5. The highest BCUT2D eigenvalue weighted by Gasteiger charge is 2.36. The van der Waals surface area contributed by atoms with Gasteiger partial charge in [0.2, 0.25) is 0 Å². The molecule has 0 aromatic heterocycles. The van der Waals surface area contributed by atoms with Gasteiger partial charge in [0.1, 0.15) is 17.1 Å². The first-order valence-corrected chi connectivity index (χ1v) is 12.4. The molecule has 0 unspecified atom stereocenters. The summed E-state index contributed by atoms with van der Waals surface area (Å²) in [6.45, 7) is 0.483. The highest BCUT2D eigenvalue weighted by Crippen LogP contribution is 2.28. The number of ether oxygens (including phenoxy) is 1. The van der Waals surface area contributed by atoms with Crippen LogP contribution < -0.4 is 15.0 Å². The van der Waals surface area contributed by atoms with Gasteiger partial charge in [0.25, 0.3) is 11.8 Å². The Labute approximate surface area is 215 Å². The molecule has 0 saturated heterocycles. The van der Waals surface area contributed by atoms with Gasteiger partial charge < -0.3 is 25.2 Å². The van der Waals surface area contributed by atoms with Gasteiger partial charge in [-0.15, -0.1) is 0 Å². The molecular weight excluding hydrogens is 472 g/mol. The van der Waals surface area contributed by atoms with Crippen LogP contribution in [0.15, 0.2) is 78.1 Å². The molecule has 8 nitrogen and oxygen atoms in total. The molecule has 3 N–H and O–H groups in total. The van der Waals surface area contributed by atoms with Crippen LogP contribution in [0.4, 0.5) is 11.4 Å². The molecule has 0 bridgehead atoms. The van der Waals surface area contributed by atoms with Crippen molar-refractivity contribution in [3.05, 3.63) is 78.1 Å². The van der Waals surface area contributed by atoms with E-state index in [0.717, 1.165) is 36.5 Å². The van der Waals surface area contributed by atoms with Crippen molar-refractivity contribution in [3.63, 3.8) is 0 Å². The van der Waals surface area contributed by atoms with E-state index in [9.17, 15) is 19.5 Å². The average Bonchev–Trinajstić information content (AvgIpc) is 3.19. The van der Waals surface area contributed by atoms with Crippen LogP contribution in [-0.4, -0.2) is 41.1 Å². The quantitative estimate of drug-likeness (QED) is 0.224. The summed E-state index contributed by atoms with van der Waals surface area (Å²) in [6, 6.07) is 20.1. The number of hydrogen-bond donors (Lipinski definition) is 3. The number of rotatable bonds is 12. The molecule has 1 aliphatic rings. The molecule has 1 heterocycles. The van der Waals surface area contributed by atoms with E-state index in [4.69, 9.17) is 9.84 Å². The summed E-state index contributed by atoms with van der Waals surface area (Å²) in [5, 5.41) is 23.7. The molecule has 3 aromatic rings. The second kappa shape index (κ2) is 12.1. The standard InChI is InChI=1S/C29H30N2O6/c32-25-19-31(23-14-11-20-8-5-6-9-21(20)18-23)29(36)27(25)28(35)30-22-12-15-24(16-13-22)37-17-7-3-1-2-4-10-26(33)34/h5-6,8-9,11-16,18,32H,1-4,7,10,17,19H2,(H,30,35)(H,33,34). The number of aliphatic hydroxyl groups is 1. The highest BCUT2D eigenvalue weighted by atomic mass is 16.5. The van der Waals surface area contributed by atoms with E-state index >= 15 is 0 Å². The van der Waals surface area contributed by atoms with Crippen LogP contribution in [-0.2, 0) is 14.4 Å². The molecule has 4 rings (SSSR count). The van der Waals surface area contributed by atoms with Crippen molar-refractivity contribution in [2.24, 2.45) is 0 Å². The van der Waals surface area contributed by atoms with Crippen molar-refractivity contribution in [1.82, 2.24) is 0 Å². The first kappa shape index (κ1) is 25.8. The van der Waals surface area contributed by atoms with Crippen LogP contribution in [0, 0.1) is 0 Å². The third-order valence-corrected chi connectivity index (χ3v) is 6.24. The average molecular weight is 503 g/mol. The van der Waals surface area contributed by atoms with Gasteiger partial charge >= 0.3 is 5.97 Å². The summed E-state index contributed by atoms with van der Waals surface area (Å²) in [6.07, 6.45) is 4.63. The van der Waals surface area contributed by atoms with Crippen molar-refractivity contribution < 1.29 is 29.3 Å². The molecule has 8 heteroatoms. The number of aliphatic carboxylic acids is 1. The molecule has 0 spiro atoms. The lowest BCUT2D eigenvalue weighted by Gasteiger charge is -2.17. The molecule has 0 atom stereocenters. The van der Waals surface area contributed by atoms with Gasteiger partial charge in [-0.05, 0) is 60.0 Å². The molecule has 3 aromatic carbocycles. The molecule has 2 amide bonds. The summed E-state index contributed by atoms with van der Waals surface area (Å²) in [7, 11) is 0. The summed E-state index contributed by atoms with van der Waals surface area (Å²) in [5.74, 6) is -1.58. The van der Waals surface area contributed by atoms with Gasteiger partial charge in [0.15, 0.2) is 0 Å². The minimum absolute atomic E-state index is 0.0632. The van der Waals surface area contributed by atoms with Gasteiger partial charge in [0, 0.05) is 17.8 Å². The summed E-state index contributed by atoms with van der Waals surface area (Å²) in [4.78, 5) is 37.7. The fraction of sp³-hybridized carbons (Fsp3) is 0.276. The lowest BCUT2D eigenvalue weighted by atomic mass is 10.1. The Hall–Kier alpha value is -4.33. The molecule has 192 valence electrons. The van der Waals surface area contributed by atoms with E-state index in [-0.39, 0.29) is 24.3 Å². The Bertz CT molecular complexity index is 1320. The molecule has 0 fully saturated rings. The molecule has 0 saturated carbocycles. The van der Waals surface area contributed by atoms with Gasteiger partial charge in [-0.25, -0.2) is 0 Å². The zero-order valence-corrected chi connectivity index (χ0v) is 20.5. The maximum Gasteiger partial charge on any atom is 0.303 e. The number of unbranched alkanes of at least 4 members (excludes halogenated alkanes) is 4. The van der Waals surface area contributed by atoms with Crippen molar-refractivity contribution in [2.45, 2.75) is 38.5 Å². The van der Waals surface area contributed by atoms with Crippen molar-refractivity contribution >= 4 is 39.9 Å². The fourth-order valence-corrected chi connectivity index (χ4v) is 4.27. The molecular formula is C29H30N2O6. The number of amides is 2. The number of aliphatic hydroxyl groups excluding tert-OH is 1. The van der Waals surface area contributed by atoms with E-state index in [0.29, 0.717) is 30.2 Å². The monoisotopic (exact) mass is 502 g/mol. The first-order valence-electron chi connectivity index (χ1n) is 12.4. The van der Waals surface area contributed by atoms with E-state index in [1.165, 1.54) is 4.90 Å². The number of nitrogens with zero attached hydrogens (tertiary/aromatic N) is 1. The fourth-order valence-electron chi connectivity index (χ4n) is 4.27. The second-order valence-electron chi connectivity index (χ2n) is 8.98. The van der Waals surface area contributed by atoms with Gasteiger partial charge in [-0.2, -0.15) is 0 Å². The largest absolute Gasteiger partial charge is 0.509 e. The summed E-state index contributed by atoms with van der Waals surface area (Å²) < 4.78 is 5.72. The minimum Gasteiger partial charge on any atom is -0.509 e. The van der Waals surface area contributed by atoms with Crippen molar-refractivity contribution in [1.29, 1.82) is 0 Å². The molecule has 37 heavy (non-hydrogen) atoms. The highest BCUT2D eigenvalue weighted by molar-refractivity contribution is 6.29. The third-order valence-electron chi connectivity index (χ3n) is 6.24. The maximum atomic E-state index is 13.0. The summed E-state index contributed by atoms with van der Waals surface area (Å²) in [5.41, 5.74) is 0.824. The minimum atomic E-state index is -0.755. The maximum absolute atomic E-state index is 13.0. The Balaban J connectivity index is 1.26. The van der Waals surface area contributed by atoms with Crippen LogP contribution in [0.25, 0.3) is 10.8 Å². The Morgan fingerprint density at radius 1 is 0.892 bits per heavy atom. The predicted molar refractivity (Wildman–Crippen MR) is 142 cm³/mol. The lowest BCUT2D eigenvalue weighted by molar-refractivity contribution is -0.137. The SMILES string of the molecule is O=C(O)CCCCCCCOc1ccc(NC(=O)C2=C(O)CN(c3ccc4ccccc4c3)C2=O)cc1. The number of fused-ring (bicyclic) bond motifs is 1. The number of carbonyl (C=O) groups excluding carboxylic acids is 2. The number of anilines is 2. The van der Waals surface area contributed by atoms with Crippen molar-refractivity contribution in [3.8, 4) is 5.75 Å². The Morgan fingerprint density at radius 2 is 1.59 bits per heavy atom. The smallest absolute Gasteiger partial charge is 0.303 e. The number of nitrogens with one attached hydrogen (secondary N) is 1. The molecule has 0 radical (unpaired) electrons. The number of carboxylic acids is 1. The van der Waals surface area contributed by atoms with E-state index in [2.05, 4.69) is 5.32 Å². The van der Waals surface area contributed by atoms with Crippen LogP contribution in [0.5, 0.6) is 5.75 Å². The number of hydrogen-bond acceptors (Lipinski definition) is 5. The predicted octanol–water partition coefficient (Wildman–Crippen LogP) is 5.44. The molecule has 0 aliphatic carbocycles. The zero-order chi connectivity index (χ0) is 26.2. The number of carboxylic acid groups (broad SMARTS) is 1. The first-order chi connectivity index (χ1) is 17.9. The third kappa shape index (κ3) is 6.67. The Morgan fingerprint density at radius 3 is 2.35 bits per heavy atom. The second-order valence-corrected chi connectivity index (χ2v) is 8.98. The van der Waals surface area contributed by atoms with Crippen LogP contribution >= 0.6 is 0 Å². The van der Waals surface area contributed by atoms with Gasteiger partial charge in [-0.1, -0.05) is 49.6 Å². The summed E-state index contributed by atoms with van der Waals surface area (Å²) >= 11 is 0. The van der Waals surface area contributed by atoms with Crippen LogP contribution in [0.1, 0.15) is 38.5 Å². The van der Waals surface area contributed by atoms with Gasteiger partial charge in [-0.3, -0.25) is 14.4 Å². The van der Waals surface area contributed by atoms with E-state index in [1.54, 1.807) is 30.3 Å². The topological polar surface area (TPSA) is 116 Å². The van der Waals surface area contributed by atoms with Gasteiger partial charge in [0.05, 0.1) is 13.2 Å². The normalized spacial score (nSPS) is 13.3. The van der Waals surface area contributed by atoms with E-state index < -0.39 is 17.8 Å². The number of carbonyl (C=O) groups is 3. The van der Waals surface area contributed by atoms with Crippen molar-refractivity contribution in [2.75, 3.05) is 23.4 Å². The lowest BCUT2D eigenvalue weighted by Crippen LogP contribution is -2.30. The number of benzene rings is 3. The van der Waals surface area contributed by atoms with Crippen LogP contribution in [0.2, 0.25) is 0 Å². The Kier molecular flexibility index (Phi) is 8.40.